The van der Waals surface area contributed by atoms with Crippen LogP contribution >= 0.6 is 7.82 Å². The zero-order valence-corrected chi connectivity index (χ0v) is 41.1. The highest BCUT2D eigenvalue weighted by atomic mass is 31.2. The van der Waals surface area contributed by atoms with Crippen molar-refractivity contribution in [1.29, 1.82) is 0 Å². The van der Waals surface area contributed by atoms with Crippen molar-refractivity contribution in [2.24, 2.45) is 0 Å². The van der Waals surface area contributed by atoms with Crippen molar-refractivity contribution in [2.45, 2.75) is 276 Å². The largest absolute Gasteiger partial charge is 0.756 e. The molecule has 0 bridgehead atoms. The number of carbonyl (C=O) groups is 1. The topological polar surface area (TPSA) is 108 Å². The summed E-state index contributed by atoms with van der Waals surface area (Å²) in [7, 11) is 1.32. The number of phosphoric acid groups is 1. The number of aliphatic hydroxyl groups is 1. The summed E-state index contributed by atoms with van der Waals surface area (Å²) in [5.41, 5.74) is 0. The van der Waals surface area contributed by atoms with Crippen molar-refractivity contribution < 1.29 is 32.9 Å². The predicted octanol–water partition coefficient (Wildman–Crippen LogP) is 14.3. The van der Waals surface area contributed by atoms with Crippen LogP contribution in [0.3, 0.4) is 0 Å². The molecule has 0 saturated carbocycles. The molecular weight excluding hydrogens is 756 g/mol. The first-order valence-corrected chi connectivity index (χ1v) is 27.3. The number of likely N-dealkylation sites (N-methyl/N-ethyl adjacent to an activating group) is 1. The molecule has 0 spiro atoms. The number of nitrogens with zero attached hydrogens (tertiary/aromatic N) is 1. The molecule has 0 saturated heterocycles. The van der Waals surface area contributed by atoms with E-state index in [4.69, 9.17) is 9.05 Å². The summed E-state index contributed by atoms with van der Waals surface area (Å²) in [6, 6.07) is -0.793. The Bertz CT molecular complexity index is 932. The second-order valence-electron chi connectivity index (χ2n) is 19.2. The van der Waals surface area contributed by atoms with Gasteiger partial charge in [0.25, 0.3) is 7.82 Å². The van der Waals surface area contributed by atoms with Crippen LogP contribution in [0.25, 0.3) is 0 Å². The van der Waals surface area contributed by atoms with Crippen LogP contribution in [-0.2, 0) is 18.4 Å². The van der Waals surface area contributed by atoms with Gasteiger partial charge in [-0.15, -0.1) is 0 Å². The monoisotopic (exact) mass is 859 g/mol. The predicted molar refractivity (Wildman–Crippen MR) is 252 cm³/mol. The number of unbranched alkanes of at least 4 members (excludes halogenated alkanes) is 35. The van der Waals surface area contributed by atoms with E-state index in [1.165, 1.54) is 199 Å². The lowest BCUT2D eigenvalue weighted by Crippen LogP contribution is -2.46. The molecule has 8 nitrogen and oxygen atoms in total. The summed E-state index contributed by atoms with van der Waals surface area (Å²) < 4.78 is 23.3. The Morgan fingerprint density at radius 1 is 0.525 bits per heavy atom. The highest BCUT2D eigenvalue weighted by Crippen LogP contribution is 2.38. The molecule has 0 aromatic heterocycles. The van der Waals surface area contributed by atoms with Gasteiger partial charge in [-0.2, -0.15) is 0 Å². The SMILES string of the molecule is CCCCCCCCCCCCCCCCCCCCCCCCCCCC(=O)N[C@@H](COP(=O)([O-])OCC[N+](C)(C)C)[C@H](O)CCCCCCCCCCCCCC. The third-order valence-electron chi connectivity index (χ3n) is 12.1. The summed E-state index contributed by atoms with van der Waals surface area (Å²) in [5.74, 6) is -0.159. The fourth-order valence-corrected chi connectivity index (χ4v) is 8.71. The number of aliphatic hydroxyl groups excluding tert-OH is 1. The van der Waals surface area contributed by atoms with E-state index in [2.05, 4.69) is 19.2 Å². The van der Waals surface area contributed by atoms with Gasteiger partial charge in [-0.3, -0.25) is 9.36 Å². The summed E-state index contributed by atoms with van der Waals surface area (Å²) in [6.45, 7) is 4.75. The Balaban J connectivity index is 4.08. The van der Waals surface area contributed by atoms with Gasteiger partial charge >= 0.3 is 0 Å². The maximum absolute atomic E-state index is 12.9. The average molecular weight is 859 g/mol. The van der Waals surface area contributed by atoms with E-state index in [0.29, 0.717) is 23.9 Å². The Morgan fingerprint density at radius 2 is 0.831 bits per heavy atom. The van der Waals surface area contributed by atoms with Crippen molar-refractivity contribution in [3.05, 3.63) is 0 Å². The van der Waals surface area contributed by atoms with Crippen LogP contribution in [0.15, 0.2) is 0 Å². The van der Waals surface area contributed by atoms with Gasteiger partial charge in [0.2, 0.25) is 5.91 Å². The molecule has 0 aromatic rings. The number of amides is 1. The maximum Gasteiger partial charge on any atom is 0.268 e. The lowest BCUT2D eigenvalue weighted by molar-refractivity contribution is -0.870. The van der Waals surface area contributed by atoms with Crippen LogP contribution in [0, 0.1) is 0 Å². The van der Waals surface area contributed by atoms with Gasteiger partial charge in [0.05, 0.1) is 39.9 Å². The molecule has 0 aliphatic rings. The number of nitrogens with one attached hydrogen (secondary N) is 1. The number of hydrogen-bond donors (Lipinski definition) is 2. The van der Waals surface area contributed by atoms with E-state index in [1.807, 2.05) is 21.1 Å². The van der Waals surface area contributed by atoms with E-state index in [0.717, 1.165) is 38.5 Å². The molecule has 0 rings (SSSR count). The van der Waals surface area contributed by atoms with Crippen LogP contribution in [0.4, 0.5) is 0 Å². The van der Waals surface area contributed by atoms with E-state index in [1.54, 1.807) is 0 Å². The van der Waals surface area contributed by atoms with Crippen molar-refractivity contribution in [3.63, 3.8) is 0 Å². The standard InChI is InChI=1S/C50H103N2O6P/c1-6-8-10-12-14-16-18-20-21-22-23-24-25-26-27-28-29-30-31-32-34-36-38-40-42-44-50(54)51-48(47-58-59(55,56)57-46-45-52(3,4)5)49(53)43-41-39-37-35-33-19-17-15-13-11-9-7-2/h48-49,53H,6-47H2,1-5H3,(H-,51,54,55,56)/t48-,49+/m0/s1. The second-order valence-corrected chi connectivity index (χ2v) is 20.7. The molecule has 3 atom stereocenters. The highest BCUT2D eigenvalue weighted by Gasteiger charge is 2.24. The van der Waals surface area contributed by atoms with Crippen molar-refractivity contribution >= 4 is 13.7 Å². The van der Waals surface area contributed by atoms with Crippen molar-refractivity contribution in [3.8, 4) is 0 Å². The van der Waals surface area contributed by atoms with Gasteiger partial charge in [-0.25, -0.2) is 0 Å². The average Bonchev–Trinajstić information content (AvgIpc) is 3.19. The third kappa shape index (κ3) is 45.3. The third-order valence-corrected chi connectivity index (χ3v) is 13.1. The minimum absolute atomic E-state index is 0.0162. The van der Waals surface area contributed by atoms with Gasteiger partial charge < -0.3 is 28.8 Å². The Hall–Kier alpha value is -0.500. The summed E-state index contributed by atoms with van der Waals surface area (Å²) in [6.07, 6.45) is 48.4. The smallest absolute Gasteiger partial charge is 0.268 e. The Labute approximate surface area is 368 Å². The molecular formula is C50H103N2O6P. The fraction of sp³-hybridized carbons (Fsp3) is 0.980. The van der Waals surface area contributed by atoms with E-state index < -0.39 is 20.0 Å². The van der Waals surface area contributed by atoms with Gasteiger partial charge in [-0.1, -0.05) is 245 Å². The Morgan fingerprint density at radius 3 is 1.15 bits per heavy atom. The second kappa shape index (κ2) is 42.8. The quantitative estimate of drug-likeness (QED) is 0.0358. The zero-order valence-electron chi connectivity index (χ0n) is 40.2. The van der Waals surface area contributed by atoms with Gasteiger partial charge in [-0.05, 0) is 12.8 Å². The van der Waals surface area contributed by atoms with Crippen molar-refractivity contribution in [1.82, 2.24) is 5.32 Å². The lowest BCUT2D eigenvalue weighted by Gasteiger charge is -2.30. The summed E-state index contributed by atoms with van der Waals surface area (Å²) in [5, 5.41) is 13.9. The first kappa shape index (κ1) is 58.5. The number of rotatable bonds is 48. The number of hydrogen-bond acceptors (Lipinski definition) is 6. The molecule has 0 aromatic carbocycles. The highest BCUT2D eigenvalue weighted by molar-refractivity contribution is 7.45. The molecule has 59 heavy (non-hydrogen) atoms. The molecule has 2 N–H and O–H groups in total. The minimum Gasteiger partial charge on any atom is -0.756 e. The van der Waals surface area contributed by atoms with Gasteiger partial charge in [0.1, 0.15) is 13.2 Å². The van der Waals surface area contributed by atoms with Crippen LogP contribution in [-0.4, -0.2) is 68.5 Å². The molecule has 1 unspecified atom stereocenters. The molecule has 0 aliphatic carbocycles. The Kier molecular flexibility index (Phi) is 42.4. The number of phosphoric ester groups is 1. The van der Waals surface area contributed by atoms with Crippen LogP contribution in [0.1, 0.15) is 264 Å². The van der Waals surface area contributed by atoms with E-state index in [-0.39, 0.29) is 19.1 Å². The number of carbonyl (C=O) groups excluding carboxylic acids is 1. The first-order valence-electron chi connectivity index (χ1n) is 25.9. The lowest BCUT2D eigenvalue weighted by atomic mass is 10.0. The molecule has 0 aliphatic heterocycles. The zero-order chi connectivity index (χ0) is 43.6. The number of quaternary nitrogens is 1. The molecule has 1 amide bonds. The molecule has 0 heterocycles. The summed E-state index contributed by atoms with van der Waals surface area (Å²) >= 11 is 0. The minimum atomic E-state index is -4.56. The normalized spacial score (nSPS) is 14.1. The molecule has 9 heteroatoms. The molecule has 0 fully saturated rings. The maximum atomic E-state index is 12.9. The first-order chi connectivity index (χ1) is 28.5. The molecule has 0 radical (unpaired) electrons. The summed E-state index contributed by atoms with van der Waals surface area (Å²) in [4.78, 5) is 25.4. The van der Waals surface area contributed by atoms with Crippen LogP contribution in [0.5, 0.6) is 0 Å². The van der Waals surface area contributed by atoms with Crippen LogP contribution < -0.4 is 10.2 Å². The van der Waals surface area contributed by atoms with E-state index >= 15 is 0 Å². The van der Waals surface area contributed by atoms with Gasteiger partial charge in [0.15, 0.2) is 0 Å². The van der Waals surface area contributed by atoms with Crippen LogP contribution in [0.2, 0.25) is 0 Å². The molecule has 354 valence electrons. The van der Waals surface area contributed by atoms with Crippen molar-refractivity contribution in [2.75, 3.05) is 40.9 Å². The van der Waals surface area contributed by atoms with E-state index in [9.17, 15) is 19.4 Å². The van der Waals surface area contributed by atoms with Gasteiger partial charge in [0, 0.05) is 6.42 Å². The fourth-order valence-electron chi connectivity index (χ4n) is 7.98.